The molecule has 0 bridgehead atoms. The molecule has 4 N–H and O–H groups in total. The number of benzene rings is 2. The molecule has 1 fully saturated rings. The van der Waals surface area contributed by atoms with Crippen molar-refractivity contribution in [3.8, 4) is 12.1 Å². The first-order valence-corrected chi connectivity index (χ1v) is 13.8. The molecule has 6 rings (SSSR count). The Morgan fingerprint density at radius 3 is 2.66 bits per heavy atom. The lowest BCUT2D eigenvalue weighted by atomic mass is 9.94. The maximum Gasteiger partial charge on any atom is 0.254 e. The average molecular weight is 548 g/mol. The van der Waals surface area contributed by atoms with Crippen molar-refractivity contribution in [1.82, 2.24) is 25.9 Å². The first-order chi connectivity index (χ1) is 19.7. The predicted octanol–water partition coefficient (Wildman–Crippen LogP) is 4.50. The van der Waals surface area contributed by atoms with E-state index in [1.165, 1.54) is 6.20 Å². The van der Waals surface area contributed by atoms with Gasteiger partial charge < -0.3 is 21.0 Å². The third kappa shape index (κ3) is 4.99. The van der Waals surface area contributed by atoms with Crippen LogP contribution in [0.1, 0.15) is 72.3 Å². The van der Waals surface area contributed by atoms with Crippen molar-refractivity contribution in [3.63, 3.8) is 0 Å². The van der Waals surface area contributed by atoms with Crippen LogP contribution >= 0.6 is 0 Å². The molecule has 41 heavy (non-hydrogen) atoms. The summed E-state index contributed by atoms with van der Waals surface area (Å²) in [4.78, 5) is 19.5. The van der Waals surface area contributed by atoms with Crippen LogP contribution in [0.4, 0.5) is 11.4 Å². The molecule has 2 aliphatic heterocycles. The molecule has 0 unspecified atom stereocenters. The lowest BCUT2D eigenvalue weighted by molar-refractivity contribution is 0.0815. The molecule has 3 heterocycles. The van der Waals surface area contributed by atoms with Crippen molar-refractivity contribution in [2.45, 2.75) is 52.2 Å². The summed E-state index contributed by atoms with van der Waals surface area (Å²) >= 11 is 0. The van der Waals surface area contributed by atoms with Gasteiger partial charge in [0.1, 0.15) is 12.1 Å². The molecule has 1 atom stereocenters. The number of anilines is 2. The summed E-state index contributed by atoms with van der Waals surface area (Å²) < 4.78 is 0. The molecule has 10 nitrogen and oxygen atoms in total. The van der Waals surface area contributed by atoms with E-state index < -0.39 is 6.04 Å². The highest BCUT2D eigenvalue weighted by Crippen LogP contribution is 2.38. The Balaban J connectivity index is 1.48. The quantitative estimate of drug-likeness (QED) is 0.337. The Kier molecular flexibility index (Phi) is 6.44. The fraction of sp³-hybridized carbons (Fsp3) is 0.355. The summed E-state index contributed by atoms with van der Waals surface area (Å²) in [5, 5.41) is 29.8. The molecular formula is C31H33N9O. The Hall–Kier alpha value is -4.80. The van der Waals surface area contributed by atoms with Gasteiger partial charge in [-0.3, -0.25) is 14.8 Å². The minimum atomic E-state index is -0.418. The van der Waals surface area contributed by atoms with E-state index in [-0.39, 0.29) is 11.3 Å². The van der Waals surface area contributed by atoms with Crippen molar-refractivity contribution < 1.29 is 4.79 Å². The third-order valence-electron chi connectivity index (χ3n) is 7.64. The molecule has 1 saturated carbocycles. The number of nitrogens with zero attached hydrogens (tertiary/aromatic N) is 5. The number of aromatic nitrogens is 1. The van der Waals surface area contributed by atoms with Gasteiger partial charge in [0, 0.05) is 49.6 Å². The predicted molar refractivity (Wildman–Crippen MR) is 157 cm³/mol. The Bertz CT molecular complexity index is 1670. The van der Waals surface area contributed by atoms with E-state index in [1.54, 1.807) is 11.0 Å². The lowest BCUT2D eigenvalue weighted by Gasteiger charge is -2.24. The molecule has 0 spiro atoms. The second-order valence-corrected chi connectivity index (χ2v) is 12.2. The standard InChI is InChI=1S/C31H33N9O/c1-31(2,3)17-35-28-20(13-33)14-34-27-19(12-32)10-21(11-24(27)28)36-29(25-16-40(38-37-25)22-8-9-22)23-7-5-6-18-15-39(4)30(41)26(18)23/h5-7,10-11,14,16,22,29,36-38H,8-9,15,17H2,1-4H3,(H,34,35)/t29-/m0/s1. The molecule has 0 radical (unpaired) electrons. The fourth-order valence-corrected chi connectivity index (χ4v) is 5.40. The Morgan fingerprint density at radius 1 is 1.17 bits per heavy atom. The highest BCUT2D eigenvalue weighted by Gasteiger charge is 2.35. The van der Waals surface area contributed by atoms with E-state index in [0.717, 1.165) is 29.7 Å². The number of hydrogen-bond donors (Lipinski definition) is 4. The summed E-state index contributed by atoms with van der Waals surface area (Å²) in [5.41, 5.74) is 12.6. The average Bonchev–Trinajstić information content (AvgIpc) is 3.61. The molecule has 3 aromatic rings. The van der Waals surface area contributed by atoms with Crippen LogP contribution in [0.15, 0.2) is 48.4 Å². The van der Waals surface area contributed by atoms with Crippen molar-refractivity contribution in [1.29, 1.82) is 10.5 Å². The number of carbonyl (C=O) groups excluding carboxylic acids is 1. The van der Waals surface area contributed by atoms with Crippen molar-refractivity contribution in [3.05, 3.63) is 76.2 Å². The maximum atomic E-state index is 13.3. The van der Waals surface area contributed by atoms with E-state index in [9.17, 15) is 15.3 Å². The minimum absolute atomic E-state index is 0.0132. The molecular weight excluding hydrogens is 514 g/mol. The number of carbonyl (C=O) groups is 1. The molecule has 1 amide bonds. The van der Waals surface area contributed by atoms with E-state index in [4.69, 9.17) is 0 Å². The number of hydrazine groups is 2. The molecule has 208 valence electrons. The van der Waals surface area contributed by atoms with Gasteiger partial charge in [-0.2, -0.15) is 10.5 Å². The Labute approximate surface area is 239 Å². The number of pyridine rings is 1. The van der Waals surface area contributed by atoms with Crippen molar-refractivity contribution in [2.24, 2.45) is 5.41 Å². The molecule has 0 saturated heterocycles. The van der Waals surface area contributed by atoms with Crippen LogP contribution in [0.25, 0.3) is 10.9 Å². The number of fused-ring (bicyclic) bond motifs is 2. The molecule has 3 aliphatic rings. The number of rotatable bonds is 7. The number of nitrogens with one attached hydrogen (secondary N) is 4. The smallest absolute Gasteiger partial charge is 0.254 e. The molecule has 1 aromatic heterocycles. The van der Waals surface area contributed by atoms with Crippen LogP contribution in [0.5, 0.6) is 0 Å². The summed E-state index contributed by atoms with van der Waals surface area (Å²) in [6.07, 6.45) is 5.81. The van der Waals surface area contributed by atoms with Crippen LogP contribution in [-0.2, 0) is 6.54 Å². The van der Waals surface area contributed by atoms with E-state index >= 15 is 0 Å². The van der Waals surface area contributed by atoms with Gasteiger partial charge in [-0.05, 0) is 41.5 Å². The maximum absolute atomic E-state index is 13.3. The fourth-order valence-electron chi connectivity index (χ4n) is 5.40. The summed E-state index contributed by atoms with van der Waals surface area (Å²) in [5.74, 6) is -0.0132. The van der Waals surface area contributed by atoms with Gasteiger partial charge in [-0.1, -0.05) is 39.0 Å². The zero-order valence-corrected chi connectivity index (χ0v) is 23.7. The van der Waals surface area contributed by atoms with Gasteiger partial charge in [-0.25, -0.2) is 0 Å². The van der Waals surface area contributed by atoms with E-state index in [1.807, 2.05) is 31.3 Å². The van der Waals surface area contributed by atoms with Crippen LogP contribution in [-0.4, -0.2) is 40.4 Å². The van der Waals surface area contributed by atoms with Gasteiger partial charge >= 0.3 is 0 Å². The van der Waals surface area contributed by atoms with Crippen LogP contribution in [0.3, 0.4) is 0 Å². The van der Waals surface area contributed by atoms with Crippen LogP contribution in [0.2, 0.25) is 0 Å². The highest BCUT2D eigenvalue weighted by atomic mass is 16.2. The first kappa shape index (κ1) is 26.4. The van der Waals surface area contributed by atoms with Crippen LogP contribution in [0, 0.1) is 28.1 Å². The second-order valence-electron chi connectivity index (χ2n) is 12.2. The highest BCUT2D eigenvalue weighted by molar-refractivity contribution is 6.01. The summed E-state index contributed by atoms with van der Waals surface area (Å²) in [7, 11) is 1.81. The Morgan fingerprint density at radius 2 is 1.95 bits per heavy atom. The van der Waals surface area contributed by atoms with Gasteiger partial charge in [0.15, 0.2) is 0 Å². The molecule has 2 aromatic carbocycles. The minimum Gasteiger partial charge on any atom is -0.383 e. The van der Waals surface area contributed by atoms with Gasteiger partial charge in [-0.15, -0.1) is 5.53 Å². The van der Waals surface area contributed by atoms with Crippen molar-refractivity contribution >= 4 is 28.2 Å². The number of amides is 1. The second kappa shape index (κ2) is 9.99. The number of hydrogen-bond acceptors (Lipinski definition) is 9. The van der Waals surface area contributed by atoms with E-state index in [0.29, 0.717) is 58.1 Å². The summed E-state index contributed by atoms with van der Waals surface area (Å²) in [6, 6.07) is 14.2. The normalized spacial score (nSPS) is 17.0. The van der Waals surface area contributed by atoms with Gasteiger partial charge in [0.05, 0.1) is 39.6 Å². The SMILES string of the molecule is CN1Cc2cccc([C@H](Nc3cc(C#N)c4ncc(C#N)c(NCC(C)(C)C)c4c3)C3=CN(C4CC4)NN3)c2C1=O. The largest absolute Gasteiger partial charge is 0.383 e. The summed E-state index contributed by atoms with van der Waals surface area (Å²) in [6.45, 7) is 7.55. The topological polar surface area (TPSA) is 132 Å². The monoisotopic (exact) mass is 547 g/mol. The third-order valence-corrected chi connectivity index (χ3v) is 7.64. The zero-order valence-electron chi connectivity index (χ0n) is 23.7. The van der Waals surface area contributed by atoms with Gasteiger partial charge in [0.2, 0.25) is 0 Å². The lowest BCUT2D eigenvalue weighted by Crippen LogP contribution is -2.38. The van der Waals surface area contributed by atoms with Gasteiger partial charge in [0.25, 0.3) is 5.91 Å². The van der Waals surface area contributed by atoms with Crippen LogP contribution < -0.4 is 21.6 Å². The number of nitriles is 2. The molecule has 10 heteroatoms. The first-order valence-electron chi connectivity index (χ1n) is 13.8. The zero-order chi connectivity index (χ0) is 28.9. The van der Waals surface area contributed by atoms with Crippen molar-refractivity contribution in [2.75, 3.05) is 24.2 Å². The van der Waals surface area contributed by atoms with E-state index in [2.05, 4.69) is 70.7 Å². The molecule has 1 aliphatic carbocycles.